The minimum atomic E-state index is -3.90. The maximum atomic E-state index is 12.5. The summed E-state index contributed by atoms with van der Waals surface area (Å²) in [7, 11) is -0.747. The van der Waals surface area contributed by atoms with Crippen molar-refractivity contribution in [1.82, 2.24) is 14.6 Å². The number of sulfonamides is 1. The fraction of sp³-hybridized carbons (Fsp3) is 0.333. The summed E-state index contributed by atoms with van der Waals surface area (Å²) >= 11 is 4.59. The summed E-state index contributed by atoms with van der Waals surface area (Å²) in [5.41, 5.74) is -0.433. The zero-order valence-corrected chi connectivity index (χ0v) is 16.9. The molecule has 1 heterocycles. The fourth-order valence-corrected chi connectivity index (χ4v) is 4.84. The molecule has 1 N–H and O–H groups in total. The lowest BCUT2D eigenvalue weighted by molar-refractivity contribution is -0.133. The molecule has 0 saturated heterocycles. The van der Waals surface area contributed by atoms with Crippen LogP contribution in [-0.2, 0) is 14.8 Å². The Hall–Kier alpha value is -1.29. The number of amides is 1. The van der Waals surface area contributed by atoms with Crippen molar-refractivity contribution in [2.75, 3.05) is 14.1 Å². The number of rotatable bonds is 5. The number of thiazole rings is 1. The molecule has 0 unspecified atom stereocenters. The molecule has 0 aliphatic carbocycles. The second kappa shape index (κ2) is 6.91. The molecule has 0 aliphatic rings. The van der Waals surface area contributed by atoms with Crippen LogP contribution in [0.3, 0.4) is 0 Å². The first-order chi connectivity index (χ1) is 11.0. The van der Waals surface area contributed by atoms with Gasteiger partial charge in [-0.3, -0.25) is 4.79 Å². The molecule has 2 rings (SSSR count). The quantitative estimate of drug-likeness (QED) is 0.788. The maximum absolute atomic E-state index is 12.5. The van der Waals surface area contributed by atoms with Gasteiger partial charge in [0.15, 0.2) is 5.03 Å². The van der Waals surface area contributed by atoms with Gasteiger partial charge in [0.25, 0.3) is 10.0 Å². The van der Waals surface area contributed by atoms with Gasteiger partial charge in [-0.25, -0.2) is 13.4 Å². The third-order valence-corrected chi connectivity index (χ3v) is 6.29. The molecule has 6 nitrogen and oxygen atoms in total. The molecular formula is C15H18BrN3O3S2. The van der Waals surface area contributed by atoms with E-state index in [0.717, 1.165) is 10.0 Å². The Kier molecular flexibility index (Phi) is 5.48. The molecular weight excluding hydrogens is 414 g/mol. The number of hydrogen-bond acceptors (Lipinski definition) is 5. The average molecular weight is 432 g/mol. The van der Waals surface area contributed by atoms with E-state index in [4.69, 9.17) is 0 Å². The van der Waals surface area contributed by atoms with Crippen molar-refractivity contribution in [2.24, 2.45) is 0 Å². The number of hydrogen-bond donors (Lipinski definition) is 1. The van der Waals surface area contributed by atoms with E-state index in [1.807, 2.05) is 24.3 Å². The van der Waals surface area contributed by atoms with Gasteiger partial charge in [-0.1, -0.05) is 28.1 Å². The van der Waals surface area contributed by atoms with Crippen LogP contribution in [0.1, 0.15) is 13.8 Å². The SMILES string of the molecule is CN(C)C(=O)C(C)(C)NS(=O)(=O)c1csc(-c2ccc(Br)cc2)n1. The van der Waals surface area contributed by atoms with Gasteiger partial charge in [-0.15, -0.1) is 11.3 Å². The normalized spacial score (nSPS) is 12.2. The van der Waals surface area contributed by atoms with E-state index >= 15 is 0 Å². The number of aromatic nitrogens is 1. The highest BCUT2D eigenvalue weighted by Gasteiger charge is 2.35. The highest BCUT2D eigenvalue weighted by atomic mass is 79.9. The topological polar surface area (TPSA) is 79.4 Å². The molecule has 9 heteroatoms. The third-order valence-electron chi connectivity index (χ3n) is 3.18. The Morgan fingerprint density at radius 1 is 1.25 bits per heavy atom. The Labute approximate surface area is 154 Å². The minimum Gasteiger partial charge on any atom is -0.347 e. The molecule has 0 bridgehead atoms. The van der Waals surface area contributed by atoms with E-state index in [1.165, 1.54) is 35.5 Å². The van der Waals surface area contributed by atoms with Crippen LogP contribution < -0.4 is 4.72 Å². The van der Waals surface area contributed by atoms with Gasteiger partial charge in [-0.05, 0) is 26.0 Å². The van der Waals surface area contributed by atoms with Crippen molar-refractivity contribution in [3.8, 4) is 10.6 Å². The van der Waals surface area contributed by atoms with Gasteiger partial charge in [0.05, 0.1) is 0 Å². The van der Waals surface area contributed by atoms with Gasteiger partial charge in [0.1, 0.15) is 10.5 Å². The molecule has 0 saturated carbocycles. The van der Waals surface area contributed by atoms with Crippen molar-refractivity contribution < 1.29 is 13.2 Å². The molecule has 0 fully saturated rings. The number of nitrogens with zero attached hydrogens (tertiary/aromatic N) is 2. The molecule has 24 heavy (non-hydrogen) atoms. The second-order valence-electron chi connectivity index (χ2n) is 5.93. The van der Waals surface area contributed by atoms with Gasteiger partial charge in [0, 0.05) is 29.5 Å². The van der Waals surface area contributed by atoms with Gasteiger partial charge >= 0.3 is 0 Å². The zero-order chi connectivity index (χ0) is 18.1. The van der Waals surface area contributed by atoms with E-state index in [-0.39, 0.29) is 10.9 Å². The summed E-state index contributed by atoms with van der Waals surface area (Å²) in [5, 5.41) is 1.97. The average Bonchev–Trinajstić information content (AvgIpc) is 2.96. The number of carbonyl (C=O) groups is 1. The highest BCUT2D eigenvalue weighted by Crippen LogP contribution is 2.27. The van der Waals surface area contributed by atoms with E-state index in [2.05, 4.69) is 25.6 Å². The molecule has 0 radical (unpaired) electrons. The molecule has 0 spiro atoms. The molecule has 1 amide bonds. The first-order valence-electron chi connectivity index (χ1n) is 7.00. The summed E-state index contributed by atoms with van der Waals surface area (Å²) in [6, 6.07) is 7.43. The van der Waals surface area contributed by atoms with Gasteiger partial charge in [0.2, 0.25) is 5.91 Å². The van der Waals surface area contributed by atoms with Crippen molar-refractivity contribution >= 4 is 43.2 Å². The summed E-state index contributed by atoms with van der Waals surface area (Å²) in [6.07, 6.45) is 0. The number of carbonyl (C=O) groups excluding carboxylic acids is 1. The lowest BCUT2D eigenvalue weighted by Gasteiger charge is -2.27. The molecule has 0 atom stereocenters. The van der Waals surface area contributed by atoms with Crippen molar-refractivity contribution in [1.29, 1.82) is 0 Å². The number of likely N-dealkylation sites (N-methyl/N-ethyl adjacent to an activating group) is 1. The van der Waals surface area contributed by atoms with Crippen LogP contribution in [0.15, 0.2) is 39.1 Å². The van der Waals surface area contributed by atoms with Gasteiger partial charge < -0.3 is 4.90 Å². The van der Waals surface area contributed by atoms with E-state index in [1.54, 1.807) is 14.1 Å². The smallest absolute Gasteiger partial charge is 0.259 e. The number of benzene rings is 1. The Bertz CT molecular complexity index is 843. The first-order valence-corrected chi connectivity index (χ1v) is 10.2. The lowest BCUT2D eigenvalue weighted by Crippen LogP contribution is -2.54. The Morgan fingerprint density at radius 3 is 2.38 bits per heavy atom. The van der Waals surface area contributed by atoms with Crippen LogP contribution in [-0.4, -0.2) is 43.8 Å². The third kappa shape index (κ3) is 4.21. The summed E-state index contributed by atoms with van der Waals surface area (Å²) < 4.78 is 28.4. The summed E-state index contributed by atoms with van der Waals surface area (Å²) in [6.45, 7) is 3.05. The molecule has 2 aromatic rings. The predicted molar refractivity (Wildman–Crippen MR) is 98.3 cm³/mol. The van der Waals surface area contributed by atoms with E-state index < -0.39 is 15.6 Å². The van der Waals surface area contributed by atoms with Gasteiger partial charge in [-0.2, -0.15) is 4.72 Å². The van der Waals surface area contributed by atoms with Crippen LogP contribution in [0.2, 0.25) is 0 Å². The Balaban J connectivity index is 2.28. The van der Waals surface area contributed by atoms with Crippen LogP contribution in [0.25, 0.3) is 10.6 Å². The number of halogens is 1. The van der Waals surface area contributed by atoms with E-state index in [9.17, 15) is 13.2 Å². The zero-order valence-electron chi connectivity index (χ0n) is 13.7. The van der Waals surface area contributed by atoms with Crippen molar-refractivity contribution in [2.45, 2.75) is 24.4 Å². The summed E-state index contributed by atoms with van der Waals surface area (Å²) in [4.78, 5) is 17.7. The first kappa shape index (κ1) is 19.0. The molecule has 1 aromatic carbocycles. The fourth-order valence-electron chi connectivity index (χ4n) is 2.10. The molecule has 130 valence electrons. The Morgan fingerprint density at radius 2 is 1.83 bits per heavy atom. The highest BCUT2D eigenvalue weighted by molar-refractivity contribution is 9.10. The van der Waals surface area contributed by atoms with Crippen LogP contribution in [0.5, 0.6) is 0 Å². The molecule has 0 aliphatic heterocycles. The largest absolute Gasteiger partial charge is 0.347 e. The van der Waals surface area contributed by atoms with Crippen molar-refractivity contribution in [3.05, 3.63) is 34.1 Å². The van der Waals surface area contributed by atoms with Crippen LogP contribution in [0, 0.1) is 0 Å². The lowest BCUT2D eigenvalue weighted by atomic mass is 10.1. The van der Waals surface area contributed by atoms with E-state index in [0.29, 0.717) is 5.01 Å². The standard InChI is InChI=1S/C15H18BrN3O3S2/c1-15(2,14(20)19(3)4)18-24(21,22)12-9-23-13(17-12)10-5-7-11(16)8-6-10/h5-9,18H,1-4H3. The van der Waals surface area contributed by atoms with Crippen LogP contribution >= 0.6 is 27.3 Å². The monoisotopic (exact) mass is 431 g/mol. The van der Waals surface area contributed by atoms with Crippen LogP contribution in [0.4, 0.5) is 0 Å². The maximum Gasteiger partial charge on any atom is 0.259 e. The predicted octanol–water partition coefficient (Wildman–Crippen LogP) is 2.72. The summed E-state index contributed by atoms with van der Waals surface area (Å²) in [5.74, 6) is -0.338. The van der Waals surface area contributed by atoms with Crippen molar-refractivity contribution in [3.63, 3.8) is 0 Å². The minimum absolute atomic E-state index is 0.0925. The molecule has 1 aromatic heterocycles. The second-order valence-corrected chi connectivity index (χ2v) is 9.33. The number of nitrogens with one attached hydrogen (secondary N) is 1.